The van der Waals surface area contributed by atoms with Crippen molar-refractivity contribution in [3.05, 3.63) is 76.0 Å². The van der Waals surface area contributed by atoms with Crippen LogP contribution in [0.4, 0.5) is 0 Å². The van der Waals surface area contributed by atoms with Gasteiger partial charge in [-0.25, -0.2) is 4.79 Å². The van der Waals surface area contributed by atoms with Crippen molar-refractivity contribution in [2.45, 2.75) is 38.3 Å². The molecule has 2 aromatic rings. The van der Waals surface area contributed by atoms with Crippen LogP contribution in [0, 0.1) is 17.8 Å². The van der Waals surface area contributed by atoms with Crippen molar-refractivity contribution in [1.29, 1.82) is 0 Å². The molecule has 166 valence electrons. The lowest BCUT2D eigenvalue weighted by molar-refractivity contribution is -0.127. The van der Waals surface area contributed by atoms with Crippen molar-refractivity contribution in [3.63, 3.8) is 0 Å². The highest BCUT2D eigenvalue weighted by Gasteiger charge is 2.28. The zero-order valence-corrected chi connectivity index (χ0v) is 18.8. The van der Waals surface area contributed by atoms with Gasteiger partial charge in [0.25, 0.3) is 0 Å². The van der Waals surface area contributed by atoms with Crippen molar-refractivity contribution in [1.82, 2.24) is 4.90 Å². The predicted molar refractivity (Wildman–Crippen MR) is 127 cm³/mol. The van der Waals surface area contributed by atoms with Gasteiger partial charge in [-0.3, -0.25) is 4.79 Å². The zero-order chi connectivity index (χ0) is 22.9. The highest BCUT2D eigenvalue weighted by Crippen LogP contribution is 2.22. The Kier molecular flexibility index (Phi) is 8.43. The van der Waals surface area contributed by atoms with E-state index in [9.17, 15) is 14.7 Å². The first-order valence-corrected chi connectivity index (χ1v) is 11.4. The number of carboxylic acids is 1. The van der Waals surface area contributed by atoms with Gasteiger partial charge in [0.2, 0.25) is 5.91 Å². The summed E-state index contributed by atoms with van der Waals surface area (Å²) in [5.41, 5.74) is 0.958. The highest BCUT2D eigenvalue weighted by atomic mass is 32.1. The highest BCUT2D eigenvalue weighted by molar-refractivity contribution is 7.14. The number of aromatic carboxylic acids is 1. The molecule has 3 atom stereocenters. The van der Waals surface area contributed by atoms with Crippen LogP contribution in [0.15, 0.2) is 60.7 Å². The Morgan fingerprint density at radius 2 is 2.06 bits per heavy atom. The number of amides is 1. The third-order valence-electron chi connectivity index (χ3n) is 5.34. The molecule has 3 unspecified atom stereocenters. The number of nitrogens with zero attached hydrogens (tertiary/aromatic N) is 1. The van der Waals surface area contributed by atoms with Crippen LogP contribution in [0.3, 0.4) is 0 Å². The molecule has 1 amide bonds. The molecule has 0 bridgehead atoms. The Hall–Kier alpha value is -3.14. The summed E-state index contributed by atoms with van der Waals surface area (Å²) in [6.07, 6.45) is 8.56. The Morgan fingerprint density at radius 3 is 2.78 bits per heavy atom. The summed E-state index contributed by atoms with van der Waals surface area (Å²) < 4.78 is 0. The van der Waals surface area contributed by atoms with Crippen molar-refractivity contribution in [3.8, 4) is 11.8 Å². The van der Waals surface area contributed by atoms with Crippen molar-refractivity contribution in [2.75, 3.05) is 6.54 Å². The van der Waals surface area contributed by atoms with Crippen LogP contribution in [0.5, 0.6) is 0 Å². The molecule has 1 fully saturated rings. The van der Waals surface area contributed by atoms with Crippen LogP contribution in [-0.2, 0) is 4.79 Å². The molecule has 1 aromatic carbocycles. The molecule has 5 nitrogen and oxygen atoms in total. The van der Waals surface area contributed by atoms with Crippen LogP contribution in [0.2, 0.25) is 0 Å². The molecule has 1 saturated heterocycles. The number of hydrogen-bond acceptors (Lipinski definition) is 4. The molecule has 1 aliphatic rings. The molecule has 0 aliphatic carbocycles. The Balaban J connectivity index is 1.52. The molecular weight excluding hydrogens is 422 g/mol. The van der Waals surface area contributed by atoms with E-state index in [1.807, 2.05) is 55.5 Å². The number of rotatable bonds is 8. The Labute approximate surface area is 192 Å². The average Bonchev–Trinajstić information content (AvgIpc) is 3.40. The first-order valence-electron chi connectivity index (χ1n) is 10.6. The number of carbonyl (C=O) groups is 2. The van der Waals surface area contributed by atoms with E-state index >= 15 is 0 Å². The molecule has 1 aliphatic heterocycles. The van der Waals surface area contributed by atoms with E-state index in [0.717, 1.165) is 16.9 Å². The second kappa shape index (κ2) is 11.5. The molecule has 0 radical (unpaired) electrons. The summed E-state index contributed by atoms with van der Waals surface area (Å²) in [5, 5.41) is 19.5. The minimum Gasteiger partial charge on any atom is -0.477 e. The molecule has 0 saturated carbocycles. The quantitative estimate of drug-likeness (QED) is 0.461. The smallest absolute Gasteiger partial charge is 0.345 e. The number of carbonyl (C=O) groups excluding carboxylic acids is 1. The summed E-state index contributed by atoms with van der Waals surface area (Å²) in [5.74, 6) is 5.36. The molecule has 6 heteroatoms. The minimum atomic E-state index is -0.937. The number of aliphatic hydroxyl groups excluding tert-OH is 1. The van der Waals surface area contributed by atoms with Gasteiger partial charge in [-0.15, -0.1) is 11.3 Å². The van der Waals surface area contributed by atoms with E-state index in [4.69, 9.17) is 5.11 Å². The van der Waals surface area contributed by atoms with E-state index in [1.54, 1.807) is 23.1 Å². The maximum atomic E-state index is 12.3. The predicted octanol–water partition coefficient (Wildman–Crippen LogP) is 4.45. The fourth-order valence-electron chi connectivity index (χ4n) is 3.42. The van der Waals surface area contributed by atoms with E-state index in [2.05, 4.69) is 11.8 Å². The van der Waals surface area contributed by atoms with Crippen molar-refractivity contribution < 1.29 is 19.8 Å². The molecule has 32 heavy (non-hydrogen) atoms. The van der Waals surface area contributed by atoms with Crippen LogP contribution in [0.1, 0.15) is 46.3 Å². The van der Waals surface area contributed by atoms with Gasteiger partial charge >= 0.3 is 5.97 Å². The molecule has 0 spiro atoms. The molecular formula is C26H27NO4S. The summed E-state index contributed by atoms with van der Waals surface area (Å²) in [6, 6.07) is 13.0. The Bertz CT molecular complexity index is 1040. The average molecular weight is 450 g/mol. The first-order chi connectivity index (χ1) is 15.4. The number of hydrogen-bond donors (Lipinski definition) is 2. The van der Waals surface area contributed by atoms with Crippen LogP contribution in [0.25, 0.3) is 6.08 Å². The number of benzene rings is 1. The van der Waals surface area contributed by atoms with E-state index in [1.165, 1.54) is 11.3 Å². The second-order valence-electron chi connectivity index (χ2n) is 7.79. The molecule has 1 aromatic heterocycles. The number of aliphatic hydroxyl groups is 1. The van der Waals surface area contributed by atoms with Crippen LogP contribution >= 0.6 is 11.3 Å². The number of carboxylic acid groups (broad SMARTS) is 1. The van der Waals surface area contributed by atoms with Gasteiger partial charge in [0.05, 0.1) is 12.1 Å². The van der Waals surface area contributed by atoms with Gasteiger partial charge < -0.3 is 15.1 Å². The van der Waals surface area contributed by atoms with Gasteiger partial charge in [-0.2, -0.15) is 0 Å². The fourth-order valence-corrected chi connectivity index (χ4v) is 4.20. The standard InChI is InChI=1S/C26H27NO4S/c1-19(7-5-10-20-8-3-2-4-9-20)23(28)15-12-21-13-17-25(29)27(21)18-6-11-22-14-16-24(32-22)26(30)31/h2-4,6,8-9,11-12,14-16,19,21,23,28H,7,13,17-18H2,1H3,(H,30,31). The molecule has 2 N–H and O–H groups in total. The maximum absolute atomic E-state index is 12.3. The third kappa shape index (κ3) is 6.68. The number of likely N-dealkylation sites (tertiary alicyclic amines) is 1. The zero-order valence-electron chi connectivity index (χ0n) is 18.0. The van der Waals surface area contributed by atoms with Gasteiger partial charge in [0.1, 0.15) is 4.88 Å². The van der Waals surface area contributed by atoms with E-state index in [-0.39, 0.29) is 17.9 Å². The van der Waals surface area contributed by atoms with Crippen molar-refractivity contribution >= 4 is 29.3 Å². The van der Waals surface area contributed by atoms with Crippen LogP contribution in [-0.4, -0.2) is 45.7 Å². The lowest BCUT2D eigenvalue weighted by atomic mass is 9.99. The van der Waals surface area contributed by atoms with Gasteiger partial charge in [-0.1, -0.05) is 55.2 Å². The Morgan fingerprint density at radius 1 is 1.28 bits per heavy atom. The van der Waals surface area contributed by atoms with Gasteiger partial charge in [0, 0.05) is 29.8 Å². The first kappa shape index (κ1) is 23.5. The normalized spacial score (nSPS) is 18.1. The maximum Gasteiger partial charge on any atom is 0.345 e. The lowest BCUT2D eigenvalue weighted by Crippen LogP contribution is -2.32. The largest absolute Gasteiger partial charge is 0.477 e. The minimum absolute atomic E-state index is 0.0184. The van der Waals surface area contributed by atoms with Gasteiger partial charge in [-0.05, 0) is 42.7 Å². The number of thiophene rings is 1. The van der Waals surface area contributed by atoms with Crippen molar-refractivity contribution in [2.24, 2.45) is 5.92 Å². The van der Waals surface area contributed by atoms with Gasteiger partial charge in [0.15, 0.2) is 0 Å². The fraction of sp³-hybridized carbons (Fsp3) is 0.308. The lowest BCUT2D eigenvalue weighted by Gasteiger charge is -2.21. The van der Waals surface area contributed by atoms with E-state index in [0.29, 0.717) is 24.3 Å². The van der Waals surface area contributed by atoms with Crippen LogP contribution < -0.4 is 0 Å². The summed E-state index contributed by atoms with van der Waals surface area (Å²) in [7, 11) is 0. The van der Waals surface area contributed by atoms with E-state index < -0.39 is 12.1 Å². The second-order valence-corrected chi connectivity index (χ2v) is 8.90. The third-order valence-corrected chi connectivity index (χ3v) is 6.38. The summed E-state index contributed by atoms with van der Waals surface area (Å²) in [6.45, 7) is 2.41. The molecule has 2 heterocycles. The molecule has 3 rings (SSSR count). The summed E-state index contributed by atoms with van der Waals surface area (Å²) >= 11 is 1.20. The monoisotopic (exact) mass is 449 g/mol. The SMILES string of the molecule is CC(CC#Cc1ccccc1)C(O)C=CC1CCC(=O)N1CC=Cc1ccc(C(=O)O)s1. The summed E-state index contributed by atoms with van der Waals surface area (Å²) in [4.78, 5) is 26.2. The topological polar surface area (TPSA) is 77.8 Å².